The summed E-state index contributed by atoms with van der Waals surface area (Å²) in [5.74, 6) is -1.19. The third-order valence-corrected chi connectivity index (χ3v) is 3.97. The van der Waals surface area contributed by atoms with Crippen LogP contribution >= 0.6 is 0 Å². The van der Waals surface area contributed by atoms with Crippen LogP contribution in [0.3, 0.4) is 0 Å². The topological polar surface area (TPSA) is 80.4 Å². The predicted molar refractivity (Wildman–Crippen MR) is 97.5 cm³/mol. The number of aromatic nitrogens is 1. The first-order chi connectivity index (χ1) is 11.9. The summed E-state index contributed by atoms with van der Waals surface area (Å²) >= 11 is 0. The normalized spacial score (nSPS) is 11.5. The first kappa shape index (κ1) is 18.6. The Morgan fingerprint density at radius 1 is 1.12 bits per heavy atom. The van der Waals surface area contributed by atoms with Crippen molar-refractivity contribution in [2.45, 2.75) is 34.6 Å². The van der Waals surface area contributed by atoms with E-state index in [2.05, 4.69) is 10.3 Å². The van der Waals surface area contributed by atoms with Crippen molar-refractivity contribution >= 4 is 28.5 Å². The second-order valence-electron chi connectivity index (χ2n) is 5.74. The molecule has 0 unspecified atom stereocenters. The van der Waals surface area contributed by atoms with Gasteiger partial charge in [-0.3, -0.25) is 0 Å². The fourth-order valence-electron chi connectivity index (χ4n) is 2.56. The van der Waals surface area contributed by atoms with Crippen molar-refractivity contribution in [1.29, 1.82) is 0 Å². The zero-order chi connectivity index (χ0) is 18.6. The lowest BCUT2D eigenvalue weighted by molar-refractivity contribution is -0.140. The molecule has 0 aliphatic heterocycles. The molecule has 0 spiro atoms. The fraction of sp³-hybridized carbons (Fsp3) is 0.368. The molecular formula is C19H24N2O4. The van der Waals surface area contributed by atoms with Gasteiger partial charge in [0.05, 0.1) is 19.3 Å². The van der Waals surface area contributed by atoms with E-state index in [0.717, 1.165) is 39.5 Å². The molecule has 2 aromatic rings. The summed E-state index contributed by atoms with van der Waals surface area (Å²) in [5, 5.41) is 4.08. The summed E-state index contributed by atoms with van der Waals surface area (Å²) in [6.07, 6.45) is 1.13. The van der Waals surface area contributed by atoms with Crippen LogP contribution in [0.4, 0.5) is 5.69 Å². The van der Waals surface area contributed by atoms with E-state index in [9.17, 15) is 9.59 Å². The lowest BCUT2D eigenvalue weighted by Gasteiger charge is -2.13. The highest BCUT2D eigenvalue weighted by Crippen LogP contribution is 2.28. The highest BCUT2D eigenvalue weighted by molar-refractivity contribution is 6.00. The van der Waals surface area contributed by atoms with Gasteiger partial charge in [-0.05, 0) is 57.9 Å². The third kappa shape index (κ3) is 4.21. The highest BCUT2D eigenvalue weighted by atomic mass is 16.5. The molecule has 0 aliphatic carbocycles. The van der Waals surface area contributed by atoms with Crippen molar-refractivity contribution < 1.29 is 19.1 Å². The van der Waals surface area contributed by atoms with Crippen molar-refractivity contribution in [2.75, 3.05) is 18.5 Å². The van der Waals surface area contributed by atoms with Crippen LogP contribution in [0, 0.1) is 20.8 Å². The number of fused-ring (bicyclic) bond motifs is 1. The second-order valence-corrected chi connectivity index (χ2v) is 5.74. The zero-order valence-corrected chi connectivity index (χ0v) is 15.3. The Morgan fingerprint density at radius 3 is 2.44 bits per heavy atom. The fourth-order valence-corrected chi connectivity index (χ4v) is 2.56. The minimum atomic E-state index is -0.600. The van der Waals surface area contributed by atoms with Crippen LogP contribution in [0.2, 0.25) is 0 Å². The zero-order valence-electron chi connectivity index (χ0n) is 15.3. The minimum absolute atomic E-state index is 0.0488. The lowest BCUT2D eigenvalue weighted by atomic mass is 10.1. The quantitative estimate of drug-likeness (QED) is 0.619. The maximum absolute atomic E-state index is 12.2. The molecule has 1 heterocycles. The molecule has 0 bridgehead atoms. The van der Waals surface area contributed by atoms with Gasteiger partial charge in [0.1, 0.15) is 5.70 Å². The summed E-state index contributed by atoms with van der Waals surface area (Å²) in [4.78, 5) is 27.3. The van der Waals surface area contributed by atoms with E-state index in [-0.39, 0.29) is 18.9 Å². The Labute approximate surface area is 147 Å². The van der Waals surface area contributed by atoms with Gasteiger partial charge < -0.3 is 19.8 Å². The van der Waals surface area contributed by atoms with Crippen LogP contribution in [0.1, 0.15) is 30.7 Å². The standard InChI is InChI=1S/C19H24N2O4/c1-6-24-18(22)10-17(19(23)25-7-2)21-15-9-14-12(4)13(5)20-16(14)8-11(15)3/h8-10,20-21H,6-7H2,1-5H3/b17-10+. The van der Waals surface area contributed by atoms with E-state index >= 15 is 0 Å². The maximum atomic E-state index is 12.2. The van der Waals surface area contributed by atoms with Crippen LogP contribution in [0.15, 0.2) is 23.9 Å². The van der Waals surface area contributed by atoms with E-state index in [4.69, 9.17) is 9.47 Å². The molecule has 6 heteroatoms. The van der Waals surface area contributed by atoms with Crippen molar-refractivity contribution in [3.8, 4) is 0 Å². The monoisotopic (exact) mass is 344 g/mol. The van der Waals surface area contributed by atoms with Gasteiger partial charge in [0.2, 0.25) is 0 Å². The second kappa shape index (κ2) is 7.88. The molecule has 0 aliphatic rings. The smallest absolute Gasteiger partial charge is 0.355 e. The molecule has 2 rings (SSSR count). The first-order valence-corrected chi connectivity index (χ1v) is 8.29. The number of esters is 2. The SMILES string of the molecule is CCOC(=O)/C=C(/Nc1cc2c(C)c(C)[nH]c2cc1C)C(=O)OCC. The number of carbonyl (C=O) groups excluding carboxylic acids is 2. The summed E-state index contributed by atoms with van der Waals surface area (Å²) in [7, 11) is 0. The van der Waals surface area contributed by atoms with E-state index < -0.39 is 11.9 Å². The molecule has 25 heavy (non-hydrogen) atoms. The number of hydrogen-bond donors (Lipinski definition) is 2. The number of aryl methyl sites for hydroxylation is 3. The number of aromatic amines is 1. The van der Waals surface area contributed by atoms with Gasteiger partial charge in [0.25, 0.3) is 0 Å². The van der Waals surface area contributed by atoms with Gasteiger partial charge in [-0.25, -0.2) is 9.59 Å². The number of H-pyrrole nitrogens is 1. The summed E-state index contributed by atoms with van der Waals surface area (Å²) < 4.78 is 9.92. The van der Waals surface area contributed by atoms with Gasteiger partial charge in [-0.1, -0.05) is 0 Å². The molecule has 0 saturated heterocycles. The largest absolute Gasteiger partial charge is 0.463 e. The Balaban J connectivity index is 2.42. The first-order valence-electron chi connectivity index (χ1n) is 8.29. The molecule has 1 aromatic heterocycles. The van der Waals surface area contributed by atoms with E-state index in [1.807, 2.05) is 32.9 Å². The highest BCUT2D eigenvalue weighted by Gasteiger charge is 2.16. The van der Waals surface area contributed by atoms with Crippen LogP contribution in [-0.2, 0) is 19.1 Å². The van der Waals surface area contributed by atoms with Gasteiger partial charge in [0.15, 0.2) is 0 Å². The Hall–Kier alpha value is -2.76. The lowest BCUT2D eigenvalue weighted by Crippen LogP contribution is -2.17. The number of ether oxygens (including phenoxy) is 2. The molecular weight excluding hydrogens is 320 g/mol. The number of hydrogen-bond acceptors (Lipinski definition) is 5. The number of nitrogens with one attached hydrogen (secondary N) is 2. The number of carbonyl (C=O) groups is 2. The van der Waals surface area contributed by atoms with Gasteiger partial charge in [0, 0.05) is 22.3 Å². The van der Waals surface area contributed by atoms with E-state index in [0.29, 0.717) is 0 Å². The average molecular weight is 344 g/mol. The number of anilines is 1. The molecule has 0 fully saturated rings. The third-order valence-electron chi connectivity index (χ3n) is 3.97. The van der Waals surface area contributed by atoms with Crippen LogP contribution in [0.25, 0.3) is 10.9 Å². The van der Waals surface area contributed by atoms with Crippen molar-refractivity contribution in [2.24, 2.45) is 0 Å². The van der Waals surface area contributed by atoms with E-state index in [1.54, 1.807) is 13.8 Å². The molecule has 134 valence electrons. The average Bonchev–Trinajstić information content (AvgIpc) is 2.81. The molecule has 1 aromatic carbocycles. The molecule has 0 radical (unpaired) electrons. The van der Waals surface area contributed by atoms with Gasteiger partial charge in [-0.15, -0.1) is 0 Å². The van der Waals surface area contributed by atoms with Crippen molar-refractivity contribution in [1.82, 2.24) is 4.98 Å². The summed E-state index contributed by atoms with van der Waals surface area (Å²) in [6, 6.07) is 3.96. The van der Waals surface area contributed by atoms with Crippen LogP contribution < -0.4 is 5.32 Å². The van der Waals surface area contributed by atoms with Crippen LogP contribution in [0.5, 0.6) is 0 Å². The molecule has 2 N–H and O–H groups in total. The minimum Gasteiger partial charge on any atom is -0.463 e. The predicted octanol–water partition coefficient (Wildman–Crippen LogP) is 3.52. The number of benzene rings is 1. The molecule has 0 saturated carbocycles. The Kier molecular flexibility index (Phi) is 5.85. The van der Waals surface area contributed by atoms with Gasteiger partial charge >= 0.3 is 11.9 Å². The summed E-state index contributed by atoms with van der Waals surface area (Å²) in [5.41, 5.74) is 4.99. The molecule has 0 amide bonds. The van der Waals surface area contributed by atoms with Crippen LogP contribution in [-0.4, -0.2) is 30.1 Å². The molecule has 0 atom stereocenters. The van der Waals surface area contributed by atoms with E-state index in [1.165, 1.54) is 0 Å². The number of rotatable bonds is 6. The molecule has 6 nitrogen and oxygen atoms in total. The Morgan fingerprint density at radius 2 is 1.80 bits per heavy atom. The summed E-state index contributed by atoms with van der Waals surface area (Å²) in [6.45, 7) is 9.85. The van der Waals surface area contributed by atoms with Gasteiger partial charge in [-0.2, -0.15) is 0 Å². The van der Waals surface area contributed by atoms with Crippen molar-refractivity contribution in [3.63, 3.8) is 0 Å². The van der Waals surface area contributed by atoms with Crippen molar-refractivity contribution in [3.05, 3.63) is 40.7 Å². The Bertz CT molecular complexity index is 834. The maximum Gasteiger partial charge on any atom is 0.355 e.